The number of hydrogen-bond donors (Lipinski definition) is 1. The van der Waals surface area contributed by atoms with Crippen molar-refractivity contribution < 1.29 is 19.4 Å². The van der Waals surface area contributed by atoms with Crippen molar-refractivity contribution >= 4 is 39.4 Å². The van der Waals surface area contributed by atoms with E-state index in [2.05, 4.69) is 81.9 Å². The lowest BCUT2D eigenvalue weighted by Crippen LogP contribution is -2.33. The van der Waals surface area contributed by atoms with E-state index >= 15 is 0 Å². The highest BCUT2D eigenvalue weighted by atomic mass is 79.9. The van der Waals surface area contributed by atoms with E-state index in [9.17, 15) is 14.7 Å². The first-order chi connectivity index (χ1) is 18.6. The van der Waals surface area contributed by atoms with Crippen LogP contribution in [0.4, 0.5) is 5.69 Å². The third-order valence-corrected chi connectivity index (χ3v) is 8.12. The van der Waals surface area contributed by atoms with Gasteiger partial charge in [-0.05, 0) is 48.3 Å². The Labute approximate surface area is 240 Å². The monoisotopic (exact) mass is 597 g/mol. The molecule has 0 radical (unpaired) electrons. The Morgan fingerprint density at radius 3 is 2.41 bits per heavy atom. The first-order valence-electron chi connectivity index (χ1n) is 13.9. The first-order valence-corrected chi connectivity index (χ1v) is 14.6. The number of carboxylic acids is 1. The molecule has 210 valence electrons. The molecular formula is C31H40BrN3O4. The van der Waals surface area contributed by atoms with Crippen molar-refractivity contribution in [1.82, 2.24) is 4.90 Å². The number of carbonyl (C=O) groups excluding carboxylic acids is 1. The predicted molar refractivity (Wildman–Crippen MR) is 160 cm³/mol. The summed E-state index contributed by atoms with van der Waals surface area (Å²) in [5.74, 6) is 0.967. The molecule has 2 atom stereocenters. The van der Waals surface area contributed by atoms with E-state index in [0.717, 1.165) is 62.4 Å². The predicted octanol–water partition coefficient (Wildman–Crippen LogP) is 6.45. The third-order valence-electron chi connectivity index (χ3n) is 7.75. The van der Waals surface area contributed by atoms with Crippen LogP contribution in [-0.4, -0.2) is 60.4 Å². The average Bonchev–Trinajstić information content (AvgIpc) is 3.55. The van der Waals surface area contributed by atoms with E-state index in [1.165, 1.54) is 5.56 Å². The van der Waals surface area contributed by atoms with Crippen LogP contribution in [-0.2, 0) is 10.2 Å². The van der Waals surface area contributed by atoms with Gasteiger partial charge in [0.15, 0.2) is 12.4 Å². The highest BCUT2D eigenvalue weighted by Gasteiger charge is 2.40. The fraction of sp³-hybridized carbons (Fsp3) is 0.516. The first kappa shape index (κ1) is 29.1. The SMILES string of the molecule is CCC[C@H]1CN(CC(=O)c2cc(N3CCCC3)c(OCC(=O)O)c(C(C)(C)C)c2)C(=NBr)[C@@H]1c1ccccc1. The summed E-state index contributed by atoms with van der Waals surface area (Å²) < 4.78 is 10.4. The lowest BCUT2D eigenvalue weighted by atomic mass is 9.84. The summed E-state index contributed by atoms with van der Waals surface area (Å²) in [5, 5.41) is 9.33. The van der Waals surface area contributed by atoms with Crippen LogP contribution in [0.25, 0.3) is 0 Å². The molecule has 2 heterocycles. The molecule has 7 nitrogen and oxygen atoms in total. The van der Waals surface area contributed by atoms with Crippen LogP contribution in [0.3, 0.4) is 0 Å². The number of rotatable bonds is 10. The second-order valence-corrected chi connectivity index (χ2v) is 12.0. The van der Waals surface area contributed by atoms with Crippen LogP contribution in [0.2, 0.25) is 0 Å². The van der Waals surface area contributed by atoms with Gasteiger partial charge in [-0.15, -0.1) is 0 Å². The minimum atomic E-state index is -1.02. The maximum absolute atomic E-state index is 13.9. The smallest absolute Gasteiger partial charge is 0.341 e. The van der Waals surface area contributed by atoms with Gasteiger partial charge in [0.1, 0.15) is 11.6 Å². The molecule has 2 saturated heterocycles. The Balaban J connectivity index is 1.69. The van der Waals surface area contributed by atoms with Crippen LogP contribution in [0.1, 0.15) is 80.8 Å². The topological polar surface area (TPSA) is 82.4 Å². The number of benzene rings is 2. The van der Waals surface area contributed by atoms with Crippen LogP contribution < -0.4 is 9.64 Å². The molecule has 0 saturated carbocycles. The van der Waals surface area contributed by atoms with Crippen LogP contribution in [0.5, 0.6) is 5.75 Å². The van der Waals surface area contributed by atoms with Gasteiger partial charge in [-0.25, -0.2) is 4.79 Å². The number of likely N-dealkylation sites (tertiary alicyclic amines) is 1. The fourth-order valence-corrected chi connectivity index (χ4v) is 6.37. The highest BCUT2D eigenvalue weighted by Crippen LogP contribution is 2.42. The zero-order chi connectivity index (χ0) is 28.2. The van der Waals surface area contributed by atoms with Crippen molar-refractivity contribution in [2.75, 3.05) is 37.7 Å². The van der Waals surface area contributed by atoms with Gasteiger partial charge in [0.2, 0.25) is 0 Å². The number of nitrogens with zero attached hydrogens (tertiary/aromatic N) is 3. The lowest BCUT2D eigenvalue weighted by molar-refractivity contribution is -0.139. The van der Waals surface area contributed by atoms with Crippen LogP contribution in [0, 0.1) is 5.92 Å². The number of Topliss-reactive ketones (excluding diaryl/α,β-unsaturated/α-hetero) is 1. The second kappa shape index (κ2) is 12.5. The van der Waals surface area contributed by atoms with E-state index < -0.39 is 12.6 Å². The van der Waals surface area contributed by atoms with E-state index in [-0.39, 0.29) is 23.7 Å². The normalized spacial score (nSPS) is 20.6. The van der Waals surface area contributed by atoms with Gasteiger partial charge < -0.3 is 19.6 Å². The largest absolute Gasteiger partial charge is 0.479 e. The summed E-state index contributed by atoms with van der Waals surface area (Å²) >= 11 is 3.38. The van der Waals surface area contributed by atoms with E-state index in [4.69, 9.17) is 4.74 Å². The van der Waals surface area contributed by atoms with Crippen molar-refractivity contribution in [2.45, 2.75) is 64.7 Å². The molecule has 0 spiro atoms. The van der Waals surface area contributed by atoms with Gasteiger partial charge in [0.05, 0.1) is 28.4 Å². The van der Waals surface area contributed by atoms with Gasteiger partial charge in [-0.2, -0.15) is 4.02 Å². The van der Waals surface area contributed by atoms with Crippen LogP contribution >= 0.6 is 16.1 Å². The Kier molecular flexibility index (Phi) is 9.36. The molecule has 1 N–H and O–H groups in total. The summed E-state index contributed by atoms with van der Waals surface area (Å²) in [6.45, 7) is 10.7. The number of halogens is 1. The molecule has 2 aromatic carbocycles. The molecule has 0 aliphatic carbocycles. The van der Waals surface area contributed by atoms with Crippen molar-refractivity contribution in [3.8, 4) is 5.75 Å². The summed E-state index contributed by atoms with van der Waals surface area (Å²) in [4.78, 5) is 29.6. The summed E-state index contributed by atoms with van der Waals surface area (Å²) in [6.07, 6.45) is 4.23. The van der Waals surface area contributed by atoms with Crippen molar-refractivity contribution in [3.63, 3.8) is 0 Å². The van der Waals surface area contributed by atoms with Crippen molar-refractivity contribution in [1.29, 1.82) is 0 Å². The molecule has 0 bridgehead atoms. The van der Waals surface area contributed by atoms with E-state index in [1.54, 1.807) is 0 Å². The summed E-state index contributed by atoms with van der Waals surface area (Å²) in [7, 11) is 0. The molecule has 0 amide bonds. The Morgan fingerprint density at radius 1 is 1.13 bits per heavy atom. The summed E-state index contributed by atoms with van der Waals surface area (Å²) in [5.41, 5.74) is 3.15. The Hall–Kier alpha value is -2.87. The molecule has 4 rings (SSSR count). The molecule has 8 heteroatoms. The molecule has 2 aliphatic rings. The van der Waals surface area contributed by atoms with Gasteiger partial charge in [0, 0.05) is 36.7 Å². The minimum Gasteiger partial charge on any atom is -0.479 e. The molecule has 0 aromatic heterocycles. The van der Waals surface area contributed by atoms with Gasteiger partial charge in [-0.1, -0.05) is 64.4 Å². The number of carbonyl (C=O) groups is 2. The maximum atomic E-state index is 13.9. The third kappa shape index (κ3) is 6.65. The average molecular weight is 599 g/mol. The Bertz CT molecular complexity index is 1200. The molecule has 2 aliphatic heterocycles. The van der Waals surface area contributed by atoms with Crippen molar-refractivity contribution in [3.05, 3.63) is 59.2 Å². The highest BCUT2D eigenvalue weighted by molar-refractivity contribution is 9.08. The molecule has 2 fully saturated rings. The van der Waals surface area contributed by atoms with Gasteiger partial charge in [0.25, 0.3) is 0 Å². The molecule has 2 aromatic rings. The number of ether oxygens (including phenoxy) is 1. The zero-order valence-electron chi connectivity index (χ0n) is 23.5. The molecular weight excluding hydrogens is 558 g/mol. The number of carboxylic acid groups (broad SMARTS) is 1. The van der Waals surface area contributed by atoms with Crippen LogP contribution in [0.15, 0.2) is 46.5 Å². The number of anilines is 1. The number of hydrogen-bond acceptors (Lipinski definition) is 5. The standard InChI is InChI=1S/C31H40BrN3O4/c1-5-11-22-18-35(30(33-32)28(22)21-12-7-6-8-13-21)19-26(36)23-16-24(31(2,3)4)29(39-20-27(37)38)25(17-23)34-14-9-10-15-34/h6-8,12-13,16-17,22,28H,5,9-11,14-15,18-20H2,1-4H3,(H,37,38)/t22-,28+/m0/s1. The second-order valence-electron chi connectivity index (χ2n) is 11.7. The maximum Gasteiger partial charge on any atom is 0.341 e. The summed E-state index contributed by atoms with van der Waals surface area (Å²) in [6, 6.07) is 14.2. The van der Waals surface area contributed by atoms with E-state index in [0.29, 0.717) is 17.2 Å². The fourth-order valence-electron chi connectivity index (χ4n) is 5.93. The molecule has 0 unspecified atom stereocenters. The lowest BCUT2D eigenvalue weighted by Gasteiger charge is -2.29. The minimum absolute atomic E-state index is 0.0170. The number of ketones is 1. The quantitative estimate of drug-likeness (QED) is 0.317. The Morgan fingerprint density at radius 2 is 1.82 bits per heavy atom. The molecule has 39 heavy (non-hydrogen) atoms. The van der Waals surface area contributed by atoms with E-state index in [1.807, 2.05) is 18.2 Å². The number of amidine groups is 1. The zero-order valence-corrected chi connectivity index (χ0v) is 25.0. The van der Waals surface area contributed by atoms with Gasteiger partial charge in [-0.3, -0.25) is 4.79 Å². The van der Waals surface area contributed by atoms with Crippen molar-refractivity contribution in [2.24, 2.45) is 9.94 Å². The number of aliphatic carboxylic acids is 1. The van der Waals surface area contributed by atoms with Gasteiger partial charge >= 0.3 is 5.97 Å².